The summed E-state index contributed by atoms with van der Waals surface area (Å²) in [5, 5.41) is 3.06. The molecule has 2 heterocycles. The van der Waals surface area contributed by atoms with Gasteiger partial charge in [-0.3, -0.25) is 4.79 Å². The summed E-state index contributed by atoms with van der Waals surface area (Å²) in [7, 11) is 0. The van der Waals surface area contributed by atoms with Gasteiger partial charge in [0.15, 0.2) is 0 Å². The number of rotatable bonds is 4. The lowest BCUT2D eigenvalue weighted by atomic mass is 9.72. The first-order valence-corrected chi connectivity index (χ1v) is 10.9. The molecule has 5 heteroatoms. The van der Waals surface area contributed by atoms with Gasteiger partial charge < -0.3 is 9.64 Å². The molecule has 1 aliphatic carbocycles. The second-order valence-electron chi connectivity index (χ2n) is 7.95. The Kier molecular flexibility index (Phi) is 5.48. The van der Waals surface area contributed by atoms with Crippen molar-refractivity contribution in [3.8, 4) is 5.75 Å². The van der Waals surface area contributed by atoms with Gasteiger partial charge in [-0.1, -0.05) is 25.8 Å². The zero-order chi connectivity index (χ0) is 18.8. The maximum Gasteiger partial charge on any atom is 0.254 e. The predicted octanol–water partition coefficient (Wildman–Crippen LogP) is 5.07. The summed E-state index contributed by atoms with van der Waals surface area (Å²) < 4.78 is 5.88. The van der Waals surface area contributed by atoms with Gasteiger partial charge in [0.1, 0.15) is 12.4 Å². The Morgan fingerprint density at radius 1 is 1.30 bits per heavy atom. The number of piperidine rings is 1. The SMILES string of the molecule is Cc1nc(COc2cccc(C(=O)N3CCC(C)C4CCCCC43)c2)cs1. The number of fused-ring (bicyclic) bond motifs is 1. The van der Waals surface area contributed by atoms with Gasteiger partial charge in [0.2, 0.25) is 0 Å². The van der Waals surface area contributed by atoms with Crippen LogP contribution in [0.4, 0.5) is 0 Å². The summed E-state index contributed by atoms with van der Waals surface area (Å²) in [6.45, 7) is 5.67. The quantitative estimate of drug-likeness (QED) is 0.739. The largest absolute Gasteiger partial charge is 0.487 e. The first-order chi connectivity index (χ1) is 13.1. The Bertz CT molecular complexity index is 803. The molecule has 27 heavy (non-hydrogen) atoms. The maximum absolute atomic E-state index is 13.3. The van der Waals surface area contributed by atoms with Gasteiger partial charge in [0.25, 0.3) is 5.91 Å². The molecule has 3 unspecified atom stereocenters. The lowest BCUT2D eigenvalue weighted by Gasteiger charge is -2.47. The number of aromatic nitrogens is 1. The minimum absolute atomic E-state index is 0.161. The summed E-state index contributed by atoms with van der Waals surface area (Å²) in [4.78, 5) is 19.8. The molecule has 1 amide bonds. The minimum atomic E-state index is 0.161. The van der Waals surface area contributed by atoms with Gasteiger partial charge in [0, 0.05) is 23.5 Å². The highest BCUT2D eigenvalue weighted by Gasteiger charge is 2.39. The number of thiazole rings is 1. The van der Waals surface area contributed by atoms with Crippen molar-refractivity contribution in [3.63, 3.8) is 0 Å². The number of carbonyl (C=O) groups excluding carboxylic acids is 1. The van der Waals surface area contributed by atoms with Gasteiger partial charge >= 0.3 is 0 Å². The number of hydrogen-bond donors (Lipinski definition) is 0. The van der Waals surface area contributed by atoms with Crippen molar-refractivity contribution < 1.29 is 9.53 Å². The second-order valence-corrected chi connectivity index (χ2v) is 9.02. The Hall–Kier alpha value is -1.88. The third-order valence-corrected chi connectivity index (χ3v) is 6.96. The Morgan fingerprint density at radius 3 is 2.96 bits per heavy atom. The van der Waals surface area contributed by atoms with Crippen LogP contribution >= 0.6 is 11.3 Å². The van der Waals surface area contributed by atoms with E-state index in [9.17, 15) is 4.79 Å². The molecule has 0 spiro atoms. The Morgan fingerprint density at radius 2 is 2.15 bits per heavy atom. The van der Waals surface area contributed by atoms with Crippen molar-refractivity contribution >= 4 is 17.2 Å². The fraction of sp³-hybridized carbons (Fsp3) is 0.545. The molecule has 1 aliphatic heterocycles. The number of nitrogens with zero attached hydrogens (tertiary/aromatic N) is 2. The normalized spacial score (nSPS) is 25.1. The number of ether oxygens (including phenoxy) is 1. The van der Waals surface area contributed by atoms with Crippen LogP contribution in [0.15, 0.2) is 29.6 Å². The van der Waals surface area contributed by atoms with E-state index in [2.05, 4.69) is 16.8 Å². The third-order valence-electron chi connectivity index (χ3n) is 6.13. The van der Waals surface area contributed by atoms with Crippen LogP contribution < -0.4 is 4.74 Å². The molecule has 3 atom stereocenters. The zero-order valence-electron chi connectivity index (χ0n) is 16.2. The minimum Gasteiger partial charge on any atom is -0.487 e. The van der Waals surface area contributed by atoms with Crippen molar-refractivity contribution in [1.82, 2.24) is 9.88 Å². The van der Waals surface area contributed by atoms with Crippen LogP contribution in [0.5, 0.6) is 5.75 Å². The van der Waals surface area contributed by atoms with E-state index in [1.54, 1.807) is 11.3 Å². The highest BCUT2D eigenvalue weighted by molar-refractivity contribution is 7.09. The first kappa shape index (κ1) is 18.5. The van der Waals surface area contributed by atoms with Crippen molar-refractivity contribution in [3.05, 3.63) is 45.9 Å². The van der Waals surface area contributed by atoms with Gasteiger partial charge in [-0.25, -0.2) is 4.98 Å². The van der Waals surface area contributed by atoms with E-state index < -0.39 is 0 Å². The van der Waals surface area contributed by atoms with Gasteiger partial charge in [0.05, 0.1) is 10.7 Å². The summed E-state index contributed by atoms with van der Waals surface area (Å²) >= 11 is 1.63. The fourth-order valence-electron chi connectivity index (χ4n) is 4.68. The van der Waals surface area contributed by atoms with Crippen LogP contribution in [-0.2, 0) is 6.61 Å². The van der Waals surface area contributed by atoms with E-state index in [0.717, 1.165) is 47.3 Å². The lowest BCUT2D eigenvalue weighted by Crippen LogP contribution is -2.52. The van der Waals surface area contributed by atoms with Crippen LogP contribution in [0.25, 0.3) is 0 Å². The fourth-order valence-corrected chi connectivity index (χ4v) is 5.28. The smallest absolute Gasteiger partial charge is 0.254 e. The van der Waals surface area contributed by atoms with Gasteiger partial charge in [-0.05, 0) is 56.2 Å². The van der Waals surface area contributed by atoms with E-state index in [0.29, 0.717) is 18.6 Å². The molecule has 4 rings (SSSR count). The standard InChI is InChI=1S/C22H28N2O2S/c1-15-10-11-24(21-9-4-3-8-20(15)21)22(25)17-6-5-7-19(12-17)26-13-18-14-27-16(2)23-18/h5-7,12,14-15,20-21H,3-4,8-11,13H2,1-2H3. The molecule has 0 bridgehead atoms. The maximum atomic E-state index is 13.3. The zero-order valence-corrected chi connectivity index (χ0v) is 17.0. The topological polar surface area (TPSA) is 42.4 Å². The first-order valence-electron chi connectivity index (χ1n) is 10.1. The monoisotopic (exact) mass is 384 g/mol. The molecule has 2 aliphatic rings. The average molecular weight is 385 g/mol. The molecule has 4 nitrogen and oxygen atoms in total. The van der Waals surface area contributed by atoms with Crippen molar-refractivity contribution in [2.24, 2.45) is 11.8 Å². The lowest BCUT2D eigenvalue weighted by molar-refractivity contribution is 0.0217. The Balaban J connectivity index is 1.46. The van der Waals surface area contributed by atoms with Crippen LogP contribution in [0.3, 0.4) is 0 Å². The predicted molar refractivity (Wildman–Crippen MR) is 108 cm³/mol. The van der Waals surface area contributed by atoms with E-state index in [-0.39, 0.29) is 5.91 Å². The molecule has 2 fully saturated rings. The van der Waals surface area contributed by atoms with Crippen LogP contribution in [-0.4, -0.2) is 28.4 Å². The van der Waals surface area contributed by atoms with Crippen LogP contribution in [0.1, 0.15) is 60.1 Å². The van der Waals surface area contributed by atoms with Gasteiger partial charge in [-0.15, -0.1) is 11.3 Å². The van der Waals surface area contributed by atoms with Crippen molar-refractivity contribution in [1.29, 1.82) is 0 Å². The van der Waals surface area contributed by atoms with E-state index in [1.165, 1.54) is 19.3 Å². The van der Waals surface area contributed by atoms with E-state index >= 15 is 0 Å². The number of hydrogen-bond acceptors (Lipinski definition) is 4. The summed E-state index contributed by atoms with van der Waals surface area (Å²) in [5.41, 5.74) is 1.67. The number of amides is 1. The molecule has 1 aromatic heterocycles. The second kappa shape index (κ2) is 8.01. The molecule has 2 aromatic rings. The summed E-state index contributed by atoms with van der Waals surface area (Å²) in [6, 6.07) is 8.05. The number of likely N-dealkylation sites (tertiary alicyclic amines) is 1. The molecule has 1 saturated carbocycles. The number of benzene rings is 1. The average Bonchev–Trinajstić information content (AvgIpc) is 3.12. The molecule has 0 radical (unpaired) electrons. The van der Waals surface area contributed by atoms with Crippen molar-refractivity contribution in [2.75, 3.05) is 6.54 Å². The van der Waals surface area contributed by atoms with Gasteiger partial charge in [-0.2, -0.15) is 0 Å². The van der Waals surface area contributed by atoms with Crippen LogP contribution in [0, 0.1) is 18.8 Å². The molecule has 0 N–H and O–H groups in total. The van der Waals surface area contributed by atoms with E-state index in [4.69, 9.17) is 4.74 Å². The summed E-state index contributed by atoms with van der Waals surface area (Å²) in [6.07, 6.45) is 6.10. The summed E-state index contributed by atoms with van der Waals surface area (Å²) in [5.74, 6) is 2.30. The molecule has 144 valence electrons. The third kappa shape index (κ3) is 4.03. The molecule has 1 saturated heterocycles. The highest BCUT2D eigenvalue weighted by atomic mass is 32.1. The van der Waals surface area contributed by atoms with Crippen LogP contribution in [0.2, 0.25) is 0 Å². The molecular formula is C22H28N2O2S. The highest BCUT2D eigenvalue weighted by Crippen LogP contribution is 2.39. The van der Waals surface area contributed by atoms with E-state index in [1.807, 2.05) is 36.6 Å². The Labute approximate surface area is 165 Å². The number of carbonyl (C=O) groups is 1. The molecule has 1 aromatic carbocycles. The number of aryl methyl sites for hydroxylation is 1. The molecular weight excluding hydrogens is 356 g/mol. The van der Waals surface area contributed by atoms with Crippen molar-refractivity contribution in [2.45, 2.75) is 58.6 Å².